The van der Waals surface area contributed by atoms with Gasteiger partial charge in [-0.25, -0.2) is 8.42 Å². The van der Waals surface area contributed by atoms with E-state index in [2.05, 4.69) is 20.7 Å². The van der Waals surface area contributed by atoms with Crippen LogP contribution in [0.25, 0.3) is 0 Å². The number of rotatable bonds is 8. The number of halogens is 1. The monoisotopic (exact) mass is 379 g/mol. The zero-order chi connectivity index (χ0) is 16.0. The number of hydrogen-bond acceptors (Lipinski definition) is 4. The highest BCUT2D eigenvalue weighted by molar-refractivity contribution is 9.10. The van der Waals surface area contributed by atoms with Gasteiger partial charge in [0.1, 0.15) is 6.04 Å². The Bertz CT molecular complexity index is 613. The predicted octanol–water partition coefficient (Wildman–Crippen LogP) is 1.44. The summed E-state index contributed by atoms with van der Waals surface area (Å²) in [5, 5.41) is 17.5. The van der Waals surface area contributed by atoms with Gasteiger partial charge in [0.2, 0.25) is 10.0 Å². The van der Waals surface area contributed by atoms with E-state index in [1.807, 2.05) is 0 Å². The third-order valence-corrected chi connectivity index (χ3v) is 4.62. The van der Waals surface area contributed by atoms with Crippen LogP contribution in [0.5, 0.6) is 0 Å². The van der Waals surface area contributed by atoms with Crippen LogP contribution in [0, 0.1) is 0 Å². The van der Waals surface area contributed by atoms with Crippen LogP contribution in [-0.2, 0) is 19.6 Å². The summed E-state index contributed by atoms with van der Waals surface area (Å²) in [6.45, 7) is 0. The minimum atomic E-state index is -3.97. The first-order valence-corrected chi connectivity index (χ1v) is 8.22. The van der Waals surface area contributed by atoms with E-state index in [1.165, 1.54) is 24.3 Å². The zero-order valence-corrected chi connectivity index (χ0v) is 13.2. The van der Waals surface area contributed by atoms with Gasteiger partial charge in [0, 0.05) is 10.9 Å². The molecule has 0 spiro atoms. The molecule has 0 aliphatic heterocycles. The van der Waals surface area contributed by atoms with Crippen LogP contribution in [0.4, 0.5) is 0 Å². The van der Waals surface area contributed by atoms with Gasteiger partial charge in [-0.2, -0.15) is 4.72 Å². The quantitative estimate of drug-likeness (QED) is 0.628. The molecule has 1 atom stereocenters. The maximum absolute atomic E-state index is 12.0. The summed E-state index contributed by atoms with van der Waals surface area (Å²) in [5.41, 5.74) is 0. The standard InChI is InChI=1S/C12H14BrNO6S/c13-8-4-6-9(7-5-8)21(19,20)14-10(12(17)18)2-1-3-11(15)16/h4-7,10,14H,1-3H2,(H,15,16)(H,17,18). The molecule has 1 aromatic carbocycles. The Labute approximate surface area is 130 Å². The third-order valence-electron chi connectivity index (χ3n) is 2.60. The molecule has 0 radical (unpaired) electrons. The molecule has 3 N–H and O–H groups in total. The molecule has 0 saturated carbocycles. The SMILES string of the molecule is O=C(O)CCCC(NS(=O)(=O)c1ccc(Br)cc1)C(=O)O. The number of sulfonamides is 1. The van der Waals surface area contributed by atoms with Crippen LogP contribution < -0.4 is 4.72 Å². The van der Waals surface area contributed by atoms with Gasteiger partial charge in [-0.1, -0.05) is 15.9 Å². The van der Waals surface area contributed by atoms with Crippen LogP contribution in [0.2, 0.25) is 0 Å². The van der Waals surface area contributed by atoms with E-state index in [-0.39, 0.29) is 24.2 Å². The van der Waals surface area contributed by atoms with Gasteiger partial charge >= 0.3 is 11.9 Å². The first-order valence-electron chi connectivity index (χ1n) is 5.95. The second-order valence-electron chi connectivity index (χ2n) is 4.25. The molecule has 1 aromatic rings. The molecule has 116 valence electrons. The second kappa shape index (κ2) is 7.53. The van der Waals surface area contributed by atoms with Crippen LogP contribution in [0.15, 0.2) is 33.6 Å². The van der Waals surface area contributed by atoms with Crippen LogP contribution in [-0.4, -0.2) is 36.6 Å². The Balaban J connectivity index is 2.79. The summed E-state index contributed by atoms with van der Waals surface area (Å²) in [5.74, 6) is -2.41. The fraction of sp³-hybridized carbons (Fsp3) is 0.333. The van der Waals surface area contributed by atoms with E-state index < -0.39 is 28.0 Å². The molecule has 0 bridgehead atoms. The molecule has 0 amide bonds. The smallest absolute Gasteiger partial charge is 0.321 e. The summed E-state index contributed by atoms with van der Waals surface area (Å²) in [4.78, 5) is 21.4. The highest BCUT2D eigenvalue weighted by atomic mass is 79.9. The molecule has 0 aliphatic carbocycles. The number of carboxylic acids is 2. The molecule has 1 unspecified atom stereocenters. The van der Waals surface area contributed by atoms with E-state index in [0.29, 0.717) is 4.47 Å². The number of carboxylic acid groups (broad SMARTS) is 2. The van der Waals surface area contributed by atoms with E-state index >= 15 is 0 Å². The molecule has 9 heteroatoms. The zero-order valence-electron chi connectivity index (χ0n) is 10.8. The van der Waals surface area contributed by atoms with Crippen molar-refractivity contribution in [1.29, 1.82) is 0 Å². The normalized spacial score (nSPS) is 12.8. The maximum Gasteiger partial charge on any atom is 0.321 e. The summed E-state index contributed by atoms with van der Waals surface area (Å²) < 4.78 is 26.9. The minimum absolute atomic E-state index is 0.0600. The Morgan fingerprint density at radius 1 is 1.19 bits per heavy atom. The number of carbonyl (C=O) groups is 2. The fourth-order valence-corrected chi connectivity index (χ4v) is 3.05. The largest absolute Gasteiger partial charge is 0.481 e. The summed E-state index contributed by atoms with van der Waals surface area (Å²) in [7, 11) is -3.97. The fourth-order valence-electron chi connectivity index (χ4n) is 1.56. The van der Waals surface area contributed by atoms with E-state index in [9.17, 15) is 18.0 Å². The summed E-state index contributed by atoms with van der Waals surface area (Å²) in [6, 6.07) is 4.35. The molecule has 0 fully saturated rings. The molecule has 1 rings (SSSR count). The van der Waals surface area contributed by atoms with E-state index in [1.54, 1.807) is 0 Å². The van der Waals surface area contributed by atoms with Gasteiger partial charge in [-0.3, -0.25) is 9.59 Å². The van der Waals surface area contributed by atoms with Crippen molar-refractivity contribution in [1.82, 2.24) is 4.72 Å². The van der Waals surface area contributed by atoms with Gasteiger partial charge in [0.15, 0.2) is 0 Å². The van der Waals surface area contributed by atoms with Crippen LogP contribution in [0.1, 0.15) is 19.3 Å². The molecule has 0 heterocycles. The lowest BCUT2D eigenvalue weighted by Crippen LogP contribution is -2.40. The van der Waals surface area contributed by atoms with Gasteiger partial charge in [0.05, 0.1) is 4.90 Å². The third kappa shape index (κ3) is 5.82. The molecular formula is C12H14BrNO6S. The predicted molar refractivity (Wildman–Crippen MR) is 77.4 cm³/mol. The van der Waals surface area contributed by atoms with Crippen molar-refractivity contribution in [3.8, 4) is 0 Å². The van der Waals surface area contributed by atoms with Crippen molar-refractivity contribution >= 4 is 37.9 Å². The van der Waals surface area contributed by atoms with Gasteiger partial charge in [-0.05, 0) is 37.1 Å². The second-order valence-corrected chi connectivity index (χ2v) is 6.88. The molecule has 0 aromatic heterocycles. The average Bonchev–Trinajstić information content (AvgIpc) is 2.37. The topological polar surface area (TPSA) is 121 Å². The highest BCUT2D eigenvalue weighted by Gasteiger charge is 2.25. The average molecular weight is 380 g/mol. The summed E-state index contributed by atoms with van der Waals surface area (Å²) >= 11 is 3.17. The lowest BCUT2D eigenvalue weighted by Gasteiger charge is -2.14. The Kier molecular flexibility index (Phi) is 6.31. The van der Waals surface area contributed by atoms with Crippen molar-refractivity contribution in [2.75, 3.05) is 0 Å². The van der Waals surface area contributed by atoms with Gasteiger partial charge in [-0.15, -0.1) is 0 Å². The van der Waals surface area contributed by atoms with E-state index in [0.717, 1.165) is 0 Å². The molecule has 0 aliphatic rings. The summed E-state index contributed by atoms with van der Waals surface area (Å²) in [6.07, 6.45) is -0.254. The van der Waals surface area contributed by atoms with Crippen molar-refractivity contribution < 1.29 is 28.2 Å². The van der Waals surface area contributed by atoms with E-state index in [4.69, 9.17) is 10.2 Å². The lowest BCUT2D eigenvalue weighted by molar-refractivity contribution is -0.140. The molecule has 7 nitrogen and oxygen atoms in total. The number of benzene rings is 1. The first kappa shape index (κ1) is 17.6. The number of nitrogens with one attached hydrogen (secondary N) is 1. The molecule has 21 heavy (non-hydrogen) atoms. The first-order chi connectivity index (χ1) is 9.72. The molecular weight excluding hydrogens is 366 g/mol. The van der Waals surface area contributed by atoms with Crippen molar-refractivity contribution in [3.05, 3.63) is 28.7 Å². The Morgan fingerprint density at radius 2 is 1.76 bits per heavy atom. The molecule has 0 saturated heterocycles. The Hall–Kier alpha value is -1.45. The van der Waals surface area contributed by atoms with Crippen molar-refractivity contribution in [3.63, 3.8) is 0 Å². The Morgan fingerprint density at radius 3 is 2.24 bits per heavy atom. The van der Waals surface area contributed by atoms with Crippen molar-refractivity contribution in [2.45, 2.75) is 30.2 Å². The highest BCUT2D eigenvalue weighted by Crippen LogP contribution is 2.15. The maximum atomic E-state index is 12.0. The number of hydrogen-bond donors (Lipinski definition) is 3. The van der Waals surface area contributed by atoms with Crippen molar-refractivity contribution in [2.24, 2.45) is 0 Å². The van der Waals surface area contributed by atoms with Gasteiger partial charge in [0.25, 0.3) is 0 Å². The number of aliphatic carboxylic acids is 2. The minimum Gasteiger partial charge on any atom is -0.481 e. The van der Waals surface area contributed by atoms with Crippen LogP contribution >= 0.6 is 15.9 Å². The van der Waals surface area contributed by atoms with Gasteiger partial charge < -0.3 is 10.2 Å². The van der Waals surface area contributed by atoms with Crippen LogP contribution in [0.3, 0.4) is 0 Å². The lowest BCUT2D eigenvalue weighted by atomic mass is 10.1.